The summed E-state index contributed by atoms with van der Waals surface area (Å²) in [6.07, 6.45) is 1.06. The van der Waals surface area contributed by atoms with Gasteiger partial charge in [-0.05, 0) is 42.8 Å². The third-order valence-corrected chi connectivity index (χ3v) is 5.07. The van der Waals surface area contributed by atoms with Gasteiger partial charge in [0.1, 0.15) is 4.88 Å². The number of hydrogen-bond donors (Lipinski definition) is 2. The zero-order chi connectivity index (χ0) is 16.1. The van der Waals surface area contributed by atoms with Gasteiger partial charge < -0.3 is 15.8 Å². The van der Waals surface area contributed by atoms with Crippen LogP contribution in [0.25, 0.3) is 0 Å². The van der Waals surface area contributed by atoms with Crippen LogP contribution in [0.2, 0.25) is 0 Å². The van der Waals surface area contributed by atoms with Crippen LogP contribution in [0.5, 0.6) is 0 Å². The zero-order valence-electron chi connectivity index (χ0n) is 13.0. The average Bonchev–Trinajstić information content (AvgIpc) is 2.96. The SMILES string of the molecule is COC(=O)c1sccc1NC(=O)CN1CCC(C)C(CN)C1. The third kappa shape index (κ3) is 4.06. The highest BCUT2D eigenvalue weighted by Gasteiger charge is 2.26. The van der Waals surface area contributed by atoms with Crippen molar-refractivity contribution in [2.45, 2.75) is 13.3 Å². The third-order valence-electron chi connectivity index (χ3n) is 4.18. The molecule has 1 aliphatic rings. The van der Waals surface area contributed by atoms with E-state index >= 15 is 0 Å². The van der Waals surface area contributed by atoms with Gasteiger partial charge in [0.15, 0.2) is 0 Å². The quantitative estimate of drug-likeness (QED) is 0.799. The fraction of sp³-hybridized carbons (Fsp3) is 0.600. The van der Waals surface area contributed by atoms with Crippen molar-refractivity contribution >= 4 is 28.9 Å². The van der Waals surface area contributed by atoms with Crippen molar-refractivity contribution in [1.29, 1.82) is 0 Å². The molecule has 2 heterocycles. The molecule has 1 aromatic heterocycles. The average molecular weight is 325 g/mol. The number of rotatable bonds is 5. The maximum atomic E-state index is 12.2. The van der Waals surface area contributed by atoms with Gasteiger partial charge in [-0.15, -0.1) is 11.3 Å². The molecule has 0 radical (unpaired) electrons. The van der Waals surface area contributed by atoms with Crippen LogP contribution >= 0.6 is 11.3 Å². The summed E-state index contributed by atoms with van der Waals surface area (Å²) in [5.41, 5.74) is 6.30. The number of nitrogens with zero attached hydrogens (tertiary/aromatic N) is 1. The van der Waals surface area contributed by atoms with Crippen molar-refractivity contribution in [2.24, 2.45) is 17.6 Å². The summed E-state index contributed by atoms with van der Waals surface area (Å²) >= 11 is 1.26. The topological polar surface area (TPSA) is 84.7 Å². The highest BCUT2D eigenvalue weighted by atomic mass is 32.1. The number of anilines is 1. The number of piperidine rings is 1. The second kappa shape index (κ2) is 7.71. The predicted octanol–water partition coefficient (Wildman–Crippen LogP) is 1.39. The van der Waals surface area contributed by atoms with E-state index in [1.807, 2.05) is 0 Å². The largest absolute Gasteiger partial charge is 0.465 e. The van der Waals surface area contributed by atoms with Crippen molar-refractivity contribution in [3.05, 3.63) is 16.3 Å². The summed E-state index contributed by atoms with van der Waals surface area (Å²) in [5.74, 6) is 0.495. The number of likely N-dealkylation sites (tertiary alicyclic amines) is 1. The van der Waals surface area contributed by atoms with Crippen molar-refractivity contribution in [1.82, 2.24) is 4.90 Å². The lowest BCUT2D eigenvalue weighted by molar-refractivity contribution is -0.117. The molecule has 0 saturated carbocycles. The minimum atomic E-state index is -0.430. The molecule has 1 aliphatic heterocycles. The molecular formula is C15H23N3O3S. The van der Waals surface area contributed by atoms with Gasteiger partial charge in [-0.2, -0.15) is 0 Å². The molecule has 22 heavy (non-hydrogen) atoms. The minimum absolute atomic E-state index is 0.117. The second-order valence-electron chi connectivity index (χ2n) is 5.70. The van der Waals surface area contributed by atoms with E-state index in [9.17, 15) is 9.59 Å². The van der Waals surface area contributed by atoms with E-state index in [2.05, 4.69) is 17.1 Å². The molecule has 1 saturated heterocycles. The van der Waals surface area contributed by atoms with Gasteiger partial charge in [0.25, 0.3) is 0 Å². The van der Waals surface area contributed by atoms with Gasteiger partial charge in [0.2, 0.25) is 5.91 Å². The summed E-state index contributed by atoms with van der Waals surface area (Å²) in [7, 11) is 1.33. The molecule has 2 atom stereocenters. The van der Waals surface area contributed by atoms with Crippen LogP contribution in [0.1, 0.15) is 23.0 Å². The molecule has 1 fully saturated rings. The Hall–Kier alpha value is -1.44. The lowest BCUT2D eigenvalue weighted by atomic mass is 9.87. The Labute approximate surface area is 134 Å². The van der Waals surface area contributed by atoms with Crippen LogP contribution in [0.15, 0.2) is 11.4 Å². The van der Waals surface area contributed by atoms with E-state index in [-0.39, 0.29) is 5.91 Å². The molecule has 3 N–H and O–H groups in total. The maximum absolute atomic E-state index is 12.2. The summed E-state index contributed by atoms with van der Waals surface area (Å²) in [6.45, 7) is 4.93. The minimum Gasteiger partial charge on any atom is -0.465 e. The van der Waals surface area contributed by atoms with E-state index in [0.717, 1.165) is 19.5 Å². The number of ether oxygens (including phenoxy) is 1. The molecule has 1 amide bonds. The van der Waals surface area contributed by atoms with Gasteiger partial charge in [0.05, 0.1) is 19.3 Å². The number of nitrogens with two attached hydrogens (primary N) is 1. The monoisotopic (exact) mass is 325 g/mol. The predicted molar refractivity (Wildman–Crippen MR) is 87.1 cm³/mol. The zero-order valence-corrected chi connectivity index (χ0v) is 13.8. The Morgan fingerprint density at radius 1 is 1.55 bits per heavy atom. The number of nitrogens with one attached hydrogen (secondary N) is 1. The van der Waals surface area contributed by atoms with E-state index in [1.54, 1.807) is 11.4 Å². The molecule has 7 heteroatoms. The van der Waals surface area contributed by atoms with Crippen LogP contribution in [0, 0.1) is 11.8 Å². The Morgan fingerprint density at radius 2 is 2.32 bits per heavy atom. The van der Waals surface area contributed by atoms with Crippen LogP contribution in [-0.2, 0) is 9.53 Å². The fourth-order valence-electron chi connectivity index (χ4n) is 2.73. The van der Waals surface area contributed by atoms with Crippen molar-refractivity contribution < 1.29 is 14.3 Å². The Kier molecular flexibility index (Phi) is 5.93. The molecule has 0 aliphatic carbocycles. The van der Waals surface area contributed by atoms with Gasteiger partial charge >= 0.3 is 5.97 Å². The molecule has 6 nitrogen and oxygen atoms in total. The van der Waals surface area contributed by atoms with E-state index in [0.29, 0.717) is 35.5 Å². The van der Waals surface area contributed by atoms with E-state index < -0.39 is 5.97 Å². The molecule has 0 aromatic carbocycles. The van der Waals surface area contributed by atoms with Crippen molar-refractivity contribution in [3.63, 3.8) is 0 Å². The summed E-state index contributed by atoms with van der Waals surface area (Å²) in [4.78, 5) is 26.3. The number of amides is 1. The number of carbonyl (C=O) groups is 2. The normalized spacial score (nSPS) is 22.3. The Morgan fingerprint density at radius 3 is 3.00 bits per heavy atom. The van der Waals surface area contributed by atoms with Gasteiger partial charge in [-0.25, -0.2) is 4.79 Å². The van der Waals surface area contributed by atoms with Crippen LogP contribution in [0.3, 0.4) is 0 Å². The first kappa shape index (κ1) is 16.9. The molecule has 122 valence electrons. The Bertz CT molecular complexity index is 532. The highest BCUT2D eigenvalue weighted by molar-refractivity contribution is 7.12. The molecule has 0 bridgehead atoms. The standard InChI is InChI=1S/C15H23N3O3S/c1-10-3-5-18(8-11(10)7-16)9-13(19)17-12-4-6-22-14(12)15(20)21-2/h4,6,10-11H,3,5,7-9,16H2,1-2H3,(H,17,19). The first-order valence-electron chi connectivity index (χ1n) is 7.43. The molecule has 2 unspecified atom stereocenters. The number of esters is 1. The highest BCUT2D eigenvalue weighted by Crippen LogP contribution is 2.24. The van der Waals surface area contributed by atoms with Crippen LogP contribution < -0.4 is 11.1 Å². The molecule has 2 rings (SSSR count). The van der Waals surface area contributed by atoms with Crippen molar-refractivity contribution in [2.75, 3.05) is 38.6 Å². The van der Waals surface area contributed by atoms with Gasteiger partial charge in [-0.3, -0.25) is 9.69 Å². The van der Waals surface area contributed by atoms with Crippen LogP contribution in [-0.4, -0.2) is 50.1 Å². The van der Waals surface area contributed by atoms with Gasteiger partial charge in [0, 0.05) is 6.54 Å². The number of hydrogen-bond acceptors (Lipinski definition) is 6. The molecule has 1 aromatic rings. The molecule has 0 spiro atoms. The van der Waals surface area contributed by atoms with Gasteiger partial charge in [-0.1, -0.05) is 6.92 Å². The van der Waals surface area contributed by atoms with Crippen molar-refractivity contribution in [3.8, 4) is 0 Å². The maximum Gasteiger partial charge on any atom is 0.350 e. The summed E-state index contributed by atoms with van der Waals surface area (Å²) in [5, 5.41) is 4.55. The number of carbonyl (C=O) groups excluding carboxylic acids is 2. The first-order valence-corrected chi connectivity index (χ1v) is 8.31. The lowest BCUT2D eigenvalue weighted by Crippen LogP contribution is -2.45. The Balaban J connectivity index is 1.91. The van der Waals surface area contributed by atoms with E-state index in [1.165, 1.54) is 18.4 Å². The lowest BCUT2D eigenvalue weighted by Gasteiger charge is -2.36. The first-order chi connectivity index (χ1) is 10.5. The second-order valence-corrected chi connectivity index (χ2v) is 6.62. The van der Waals surface area contributed by atoms with E-state index in [4.69, 9.17) is 10.5 Å². The fourth-order valence-corrected chi connectivity index (χ4v) is 3.49. The number of methoxy groups -OCH3 is 1. The van der Waals surface area contributed by atoms with Crippen LogP contribution in [0.4, 0.5) is 5.69 Å². The number of thiophene rings is 1. The molecular weight excluding hydrogens is 302 g/mol. The summed E-state index contributed by atoms with van der Waals surface area (Å²) < 4.78 is 4.70. The smallest absolute Gasteiger partial charge is 0.350 e. The summed E-state index contributed by atoms with van der Waals surface area (Å²) in [6, 6.07) is 1.72.